The standard InChI is InChI=1S/C39H44N2O5/c1-39(2,3)46-38(43)40-34(25-30-19-21-33(22-20-30)44-27-31-15-9-5-10-16-31)37(42)41-24-23-36(45-28-32-17-11-6-12-18-32)35(41)26-29-13-7-4-8-14-29/h4-22,34-36H,23-28H2,1-3H3,(H,40,43)/t34-,35+,36+/m0/s1. The van der Waals surface area contributed by atoms with Crippen molar-refractivity contribution in [2.45, 2.75) is 77.0 Å². The summed E-state index contributed by atoms with van der Waals surface area (Å²) < 4.78 is 18.0. The van der Waals surface area contributed by atoms with Crippen molar-refractivity contribution < 1.29 is 23.8 Å². The molecule has 1 heterocycles. The van der Waals surface area contributed by atoms with Crippen LogP contribution in [0.5, 0.6) is 5.75 Å². The molecule has 240 valence electrons. The van der Waals surface area contributed by atoms with Crippen LogP contribution in [0, 0.1) is 0 Å². The van der Waals surface area contributed by atoms with Gasteiger partial charge in [-0.15, -0.1) is 0 Å². The molecule has 0 radical (unpaired) electrons. The van der Waals surface area contributed by atoms with Gasteiger partial charge in [0, 0.05) is 13.0 Å². The third-order valence-electron chi connectivity index (χ3n) is 7.96. The molecule has 1 saturated heterocycles. The van der Waals surface area contributed by atoms with Gasteiger partial charge in [0.1, 0.15) is 24.0 Å². The van der Waals surface area contributed by atoms with Gasteiger partial charge in [-0.2, -0.15) is 0 Å². The highest BCUT2D eigenvalue weighted by atomic mass is 16.6. The number of likely N-dealkylation sites (tertiary alicyclic amines) is 1. The molecule has 46 heavy (non-hydrogen) atoms. The van der Waals surface area contributed by atoms with E-state index in [0.717, 1.165) is 28.0 Å². The number of carbonyl (C=O) groups excluding carboxylic acids is 2. The Morgan fingerprint density at radius 3 is 1.91 bits per heavy atom. The van der Waals surface area contributed by atoms with Crippen molar-refractivity contribution in [1.82, 2.24) is 10.2 Å². The maximum atomic E-state index is 14.4. The van der Waals surface area contributed by atoms with E-state index in [9.17, 15) is 9.59 Å². The summed E-state index contributed by atoms with van der Waals surface area (Å²) in [5, 5.41) is 2.89. The summed E-state index contributed by atoms with van der Waals surface area (Å²) in [6.07, 6.45) is 0.902. The first-order valence-electron chi connectivity index (χ1n) is 16.0. The predicted octanol–water partition coefficient (Wildman–Crippen LogP) is 7.13. The first kappa shape index (κ1) is 32.8. The number of nitrogens with one attached hydrogen (secondary N) is 1. The summed E-state index contributed by atoms with van der Waals surface area (Å²) in [4.78, 5) is 29.3. The second-order valence-electron chi connectivity index (χ2n) is 12.7. The first-order chi connectivity index (χ1) is 22.2. The van der Waals surface area contributed by atoms with E-state index in [1.165, 1.54) is 0 Å². The molecule has 0 spiro atoms. The zero-order valence-corrected chi connectivity index (χ0v) is 26.9. The highest BCUT2D eigenvalue weighted by molar-refractivity contribution is 5.86. The van der Waals surface area contributed by atoms with Crippen molar-refractivity contribution in [1.29, 1.82) is 0 Å². The fourth-order valence-electron chi connectivity index (χ4n) is 5.72. The fourth-order valence-corrected chi connectivity index (χ4v) is 5.72. The Kier molecular flexibility index (Phi) is 11.1. The number of hydrogen-bond donors (Lipinski definition) is 1. The molecule has 4 aromatic rings. The molecule has 7 heteroatoms. The number of hydrogen-bond acceptors (Lipinski definition) is 5. The van der Waals surface area contributed by atoms with Crippen LogP contribution in [0.25, 0.3) is 0 Å². The topological polar surface area (TPSA) is 77.1 Å². The zero-order chi connectivity index (χ0) is 32.4. The summed E-state index contributed by atoms with van der Waals surface area (Å²) in [5.74, 6) is 0.582. The lowest BCUT2D eigenvalue weighted by atomic mass is 10.00. The monoisotopic (exact) mass is 620 g/mol. The third kappa shape index (κ3) is 9.69. The molecule has 0 aliphatic carbocycles. The van der Waals surface area contributed by atoms with Gasteiger partial charge in [0.2, 0.25) is 5.91 Å². The number of rotatable bonds is 12. The third-order valence-corrected chi connectivity index (χ3v) is 7.96. The molecular weight excluding hydrogens is 576 g/mol. The van der Waals surface area contributed by atoms with Gasteiger partial charge in [0.15, 0.2) is 0 Å². The summed E-state index contributed by atoms with van der Waals surface area (Å²) in [6, 6.07) is 36.9. The van der Waals surface area contributed by atoms with Crippen molar-refractivity contribution in [3.05, 3.63) is 138 Å². The minimum absolute atomic E-state index is 0.146. The predicted molar refractivity (Wildman–Crippen MR) is 179 cm³/mol. The van der Waals surface area contributed by atoms with E-state index >= 15 is 0 Å². The molecule has 7 nitrogen and oxygen atoms in total. The molecule has 3 atom stereocenters. The Morgan fingerprint density at radius 2 is 1.33 bits per heavy atom. The molecule has 2 amide bonds. The van der Waals surface area contributed by atoms with Crippen molar-refractivity contribution in [3.63, 3.8) is 0 Å². The highest BCUT2D eigenvalue weighted by Crippen LogP contribution is 2.27. The van der Waals surface area contributed by atoms with Crippen LogP contribution in [-0.4, -0.2) is 47.2 Å². The number of nitrogens with zero attached hydrogens (tertiary/aromatic N) is 1. The lowest BCUT2D eigenvalue weighted by Crippen LogP contribution is -2.53. The molecule has 1 fully saturated rings. The van der Waals surface area contributed by atoms with Crippen LogP contribution in [0.15, 0.2) is 115 Å². The molecule has 4 aromatic carbocycles. The Morgan fingerprint density at radius 1 is 0.761 bits per heavy atom. The molecule has 0 saturated carbocycles. The van der Waals surface area contributed by atoms with Crippen molar-refractivity contribution >= 4 is 12.0 Å². The van der Waals surface area contributed by atoms with Gasteiger partial charge >= 0.3 is 6.09 Å². The van der Waals surface area contributed by atoms with Gasteiger partial charge in [-0.05, 0) is 68.0 Å². The quantitative estimate of drug-likeness (QED) is 0.182. The summed E-state index contributed by atoms with van der Waals surface area (Å²) >= 11 is 0. The van der Waals surface area contributed by atoms with Crippen LogP contribution in [0.4, 0.5) is 4.79 Å². The van der Waals surface area contributed by atoms with Crippen LogP contribution in [0.3, 0.4) is 0 Å². The van der Waals surface area contributed by atoms with Crippen molar-refractivity contribution in [2.24, 2.45) is 0 Å². The molecule has 5 rings (SSSR count). The average Bonchev–Trinajstić information content (AvgIpc) is 3.45. The molecule has 0 bridgehead atoms. The number of amides is 2. The van der Waals surface area contributed by atoms with Gasteiger partial charge in [-0.3, -0.25) is 4.79 Å². The number of carbonyl (C=O) groups is 2. The lowest BCUT2D eigenvalue weighted by Gasteiger charge is -2.32. The molecule has 0 unspecified atom stereocenters. The summed E-state index contributed by atoms with van der Waals surface area (Å²) in [7, 11) is 0. The highest BCUT2D eigenvalue weighted by Gasteiger charge is 2.41. The number of alkyl carbamates (subject to hydrolysis) is 1. The van der Waals surface area contributed by atoms with Crippen LogP contribution >= 0.6 is 0 Å². The van der Waals surface area contributed by atoms with E-state index in [2.05, 4.69) is 17.4 Å². The van der Waals surface area contributed by atoms with E-state index in [1.807, 2.05) is 129 Å². The molecular formula is C39H44N2O5. The number of benzene rings is 4. The maximum Gasteiger partial charge on any atom is 0.408 e. The second-order valence-corrected chi connectivity index (χ2v) is 12.7. The average molecular weight is 621 g/mol. The van der Waals surface area contributed by atoms with Crippen molar-refractivity contribution in [3.8, 4) is 5.75 Å². The number of ether oxygens (including phenoxy) is 3. The van der Waals surface area contributed by atoms with Gasteiger partial charge in [-0.25, -0.2) is 4.79 Å². The SMILES string of the molecule is CC(C)(C)OC(=O)N[C@@H](Cc1ccc(OCc2ccccc2)cc1)C(=O)N1CC[C@@H](OCc2ccccc2)[C@H]1Cc1ccccc1. The van der Waals surface area contributed by atoms with Crippen LogP contribution in [-0.2, 0) is 40.3 Å². The Balaban J connectivity index is 1.33. The minimum Gasteiger partial charge on any atom is -0.489 e. The van der Waals surface area contributed by atoms with Crippen molar-refractivity contribution in [2.75, 3.05) is 6.54 Å². The summed E-state index contributed by atoms with van der Waals surface area (Å²) in [6.45, 7) is 6.90. The lowest BCUT2D eigenvalue weighted by molar-refractivity contribution is -0.135. The first-order valence-corrected chi connectivity index (χ1v) is 16.0. The van der Waals surface area contributed by atoms with Gasteiger partial charge in [0.05, 0.1) is 18.8 Å². The van der Waals surface area contributed by atoms with Gasteiger partial charge < -0.3 is 24.4 Å². The van der Waals surface area contributed by atoms with Crippen LogP contribution in [0.2, 0.25) is 0 Å². The molecule has 1 N–H and O–H groups in total. The Bertz CT molecular complexity index is 1520. The van der Waals surface area contributed by atoms with E-state index in [1.54, 1.807) is 0 Å². The van der Waals surface area contributed by atoms with E-state index in [-0.39, 0.29) is 18.1 Å². The van der Waals surface area contributed by atoms with Crippen LogP contribution in [0.1, 0.15) is 49.4 Å². The molecule has 1 aliphatic rings. The maximum absolute atomic E-state index is 14.4. The Hall–Kier alpha value is -4.62. The Labute approximate surface area is 272 Å². The second kappa shape index (κ2) is 15.6. The van der Waals surface area contributed by atoms with E-state index in [0.29, 0.717) is 39.0 Å². The fraction of sp³-hybridized carbons (Fsp3) is 0.333. The van der Waals surface area contributed by atoms with E-state index in [4.69, 9.17) is 14.2 Å². The minimum atomic E-state index is -0.822. The summed E-state index contributed by atoms with van der Waals surface area (Å²) in [5.41, 5.74) is 3.50. The van der Waals surface area contributed by atoms with Gasteiger partial charge in [0.25, 0.3) is 0 Å². The smallest absolute Gasteiger partial charge is 0.408 e. The largest absolute Gasteiger partial charge is 0.489 e. The van der Waals surface area contributed by atoms with Gasteiger partial charge in [-0.1, -0.05) is 103 Å². The molecule has 0 aromatic heterocycles. The van der Waals surface area contributed by atoms with Crippen LogP contribution < -0.4 is 10.1 Å². The normalized spacial score (nSPS) is 16.9. The van der Waals surface area contributed by atoms with E-state index < -0.39 is 17.7 Å². The zero-order valence-electron chi connectivity index (χ0n) is 26.9. The molecule has 1 aliphatic heterocycles.